The number of ether oxygens (including phenoxy) is 1. The Balaban J connectivity index is 2.03. The van der Waals surface area contributed by atoms with Crippen molar-refractivity contribution in [1.29, 1.82) is 0 Å². The van der Waals surface area contributed by atoms with E-state index in [2.05, 4.69) is 29.6 Å². The molecule has 0 fully saturated rings. The van der Waals surface area contributed by atoms with Gasteiger partial charge < -0.3 is 10.1 Å². The fourth-order valence-electron chi connectivity index (χ4n) is 3.01. The molecule has 158 valence electrons. The second kappa shape index (κ2) is 9.98. The number of hydrogen-bond donors (Lipinski definition) is 1. The summed E-state index contributed by atoms with van der Waals surface area (Å²) in [6.45, 7) is 4.04. The predicted molar refractivity (Wildman–Crippen MR) is 117 cm³/mol. The van der Waals surface area contributed by atoms with Crippen LogP contribution in [-0.4, -0.2) is 40.3 Å². The minimum absolute atomic E-state index is 0.268. The van der Waals surface area contributed by atoms with Crippen molar-refractivity contribution in [3.8, 4) is 5.75 Å². The fraction of sp³-hybridized carbons (Fsp3) is 0.381. The number of carbonyl (C=O) groups is 1. The lowest BCUT2D eigenvalue weighted by atomic mass is 10.1. The number of benzene rings is 2. The molecule has 0 bridgehead atoms. The quantitative estimate of drug-likeness (QED) is 0.607. The summed E-state index contributed by atoms with van der Waals surface area (Å²) in [6, 6.07) is 11.9. The highest BCUT2D eigenvalue weighted by Crippen LogP contribution is 2.31. The summed E-state index contributed by atoms with van der Waals surface area (Å²) in [5.41, 5.74) is 2.71. The molecule has 0 saturated heterocycles. The van der Waals surface area contributed by atoms with Gasteiger partial charge in [-0.25, -0.2) is 8.42 Å². The molecule has 0 aliphatic heterocycles. The zero-order valence-corrected chi connectivity index (χ0v) is 18.7. The van der Waals surface area contributed by atoms with Crippen LogP contribution in [-0.2, 0) is 21.2 Å². The number of aryl methyl sites for hydroxylation is 2. The van der Waals surface area contributed by atoms with Gasteiger partial charge in [-0.1, -0.05) is 41.4 Å². The third-order valence-electron chi connectivity index (χ3n) is 4.54. The largest absolute Gasteiger partial charge is 0.495 e. The summed E-state index contributed by atoms with van der Waals surface area (Å²) in [7, 11) is -2.23. The highest BCUT2D eigenvalue weighted by molar-refractivity contribution is 7.92. The van der Waals surface area contributed by atoms with Gasteiger partial charge >= 0.3 is 0 Å². The van der Waals surface area contributed by atoms with Gasteiger partial charge in [0.2, 0.25) is 15.9 Å². The molecule has 1 atom stereocenters. The summed E-state index contributed by atoms with van der Waals surface area (Å²) in [5.74, 6) is 0.0587. The van der Waals surface area contributed by atoms with Gasteiger partial charge in [0, 0.05) is 6.54 Å². The van der Waals surface area contributed by atoms with Crippen molar-refractivity contribution in [2.45, 2.75) is 32.7 Å². The Morgan fingerprint density at radius 2 is 1.86 bits per heavy atom. The summed E-state index contributed by atoms with van der Waals surface area (Å²) < 4.78 is 30.9. The number of rotatable bonds is 9. The second-order valence-electron chi connectivity index (χ2n) is 6.93. The molecule has 6 nitrogen and oxygen atoms in total. The summed E-state index contributed by atoms with van der Waals surface area (Å²) in [4.78, 5) is 12.6. The van der Waals surface area contributed by atoms with Crippen molar-refractivity contribution in [2.75, 3.05) is 24.2 Å². The number of amides is 1. The van der Waals surface area contributed by atoms with E-state index in [0.29, 0.717) is 18.0 Å². The van der Waals surface area contributed by atoms with Crippen LogP contribution in [0.5, 0.6) is 5.75 Å². The predicted octanol–water partition coefficient (Wildman–Crippen LogP) is 3.56. The van der Waals surface area contributed by atoms with Gasteiger partial charge in [0.25, 0.3) is 0 Å². The molecule has 0 aliphatic rings. The molecule has 0 radical (unpaired) electrons. The number of nitrogens with zero attached hydrogens (tertiary/aromatic N) is 1. The van der Waals surface area contributed by atoms with Crippen LogP contribution in [0.2, 0.25) is 5.02 Å². The van der Waals surface area contributed by atoms with E-state index in [0.717, 1.165) is 23.4 Å². The number of halogens is 1. The first-order chi connectivity index (χ1) is 13.6. The molecule has 1 unspecified atom stereocenters. The van der Waals surface area contributed by atoms with Crippen LogP contribution >= 0.6 is 11.6 Å². The van der Waals surface area contributed by atoms with Crippen LogP contribution < -0.4 is 14.4 Å². The van der Waals surface area contributed by atoms with Crippen LogP contribution in [0.3, 0.4) is 0 Å². The minimum Gasteiger partial charge on any atom is -0.495 e. The Morgan fingerprint density at radius 3 is 2.41 bits per heavy atom. The van der Waals surface area contributed by atoms with E-state index < -0.39 is 16.1 Å². The van der Waals surface area contributed by atoms with E-state index in [1.54, 1.807) is 19.1 Å². The van der Waals surface area contributed by atoms with Crippen LogP contribution in [0.1, 0.15) is 24.5 Å². The van der Waals surface area contributed by atoms with Gasteiger partial charge in [-0.3, -0.25) is 9.10 Å². The average Bonchev–Trinajstić information content (AvgIpc) is 2.65. The summed E-state index contributed by atoms with van der Waals surface area (Å²) in [5, 5.41) is 3.09. The second-order valence-corrected chi connectivity index (χ2v) is 9.20. The molecular weight excluding hydrogens is 412 g/mol. The molecule has 2 rings (SSSR count). The van der Waals surface area contributed by atoms with Gasteiger partial charge in [-0.2, -0.15) is 0 Å². The molecule has 1 N–H and O–H groups in total. The van der Waals surface area contributed by atoms with E-state index in [1.165, 1.54) is 24.3 Å². The Hall–Kier alpha value is -2.25. The third-order valence-corrected chi connectivity index (χ3v) is 6.08. The standard InChI is InChI=1S/C21H27ClN2O4S/c1-15-7-9-17(10-8-15)6-5-13-23-21(25)16(2)24(29(4,26)27)18-11-12-20(28-3)19(22)14-18/h7-12,14,16H,5-6,13H2,1-4H3,(H,23,25). The maximum absolute atomic E-state index is 12.6. The van der Waals surface area contributed by atoms with Crippen molar-refractivity contribution in [2.24, 2.45) is 0 Å². The number of methoxy groups -OCH3 is 1. The average molecular weight is 439 g/mol. The highest BCUT2D eigenvalue weighted by atomic mass is 35.5. The Labute approximate surface area is 177 Å². The molecule has 8 heteroatoms. The van der Waals surface area contributed by atoms with Crippen LogP contribution in [0.15, 0.2) is 42.5 Å². The topological polar surface area (TPSA) is 75.7 Å². The third kappa shape index (κ3) is 6.37. The Kier molecular flexibility index (Phi) is 7.93. The number of sulfonamides is 1. The van der Waals surface area contributed by atoms with E-state index in [1.807, 2.05) is 6.92 Å². The molecule has 0 aromatic heterocycles. The first kappa shape index (κ1) is 23.0. The molecular formula is C21H27ClN2O4S. The van der Waals surface area contributed by atoms with Gasteiger partial charge in [0.05, 0.1) is 24.1 Å². The van der Waals surface area contributed by atoms with Crippen LogP contribution in [0, 0.1) is 6.92 Å². The highest BCUT2D eigenvalue weighted by Gasteiger charge is 2.29. The van der Waals surface area contributed by atoms with Gasteiger partial charge in [-0.15, -0.1) is 0 Å². The molecule has 1 amide bonds. The van der Waals surface area contributed by atoms with Crippen molar-refractivity contribution in [3.63, 3.8) is 0 Å². The van der Waals surface area contributed by atoms with E-state index >= 15 is 0 Å². The SMILES string of the molecule is COc1ccc(N(C(C)C(=O)NCCCc2ccc(C)cc2)S(C)(=O)=O)cc1Cl. The summed E-state index contributed by atoms with van der Waals surface area (Å²) >= 11 is 6.13. The number of carbonyl (C=O) groups excluding carboxylic acids is 1. The van der Waals surface area contributed by atoms with Crippen molar-refractivity contribution in [1.82, 2.24) is 5.32 Å². The van der Waals surface area contributed by atoms with Gasteiger partial charge in [-0.05, 0) is 50.5 Å². The lowest BCUT2D eigenvalue weighted by Gasteiger charge is -2.28. The maximum Gasteiger partial charge on any atom is 0.243 e. The number of hydrogen-bond acceptors (Lipinski definition) is 4. The van der Waals surface area contributed by atoms with Gasteiger partial charge in [0.15, 0.2) is 0 Å². The molecule has 0 aliphatic carbocycles. The molecule has 2 aromatic carbocycles. The van der Waals surface area contributed by atoms with E-state index in [9.17, 15) is 13.2 Å². The molecule has 29 heavy (non-hydrogen) atoms. The normalized spacial score (nSPS) is 12.3. The van der Waals surface area contributed by atoms with Crippen molar-refractivity contribution >= 4 is 33.2 Å². The summed E-state index contributed by atoms with van der Waals surface area (Å²) in [6.07, 6.45) is 2.65. The Morgan fingerprint density at radius 1 is 1.21 bits per heavy atom. The maximum atomic E-state index is 12.6. The van der Waals surface area contributed by atoms with Crippen LogP contribution in [0.4, 0.5) is 5.69 Å². The zero-order chi connectivity index (χ0) is 21.6. The zero-order valence-electron chi connectivity index (χ0n) is 17.1. The molecule has 0 saturated carbocycles. The lowest BCUT2D eigenvalue weighted by molar-refractivity contribution is -0.121. The van der Waals surface area contributed by atoms with Crippen LogP contribution in [0.25, 0.3) is 0 Å². The van der Waals surface area contributed by atoms with E-state index in [4.69, 9.17) is 16.3 Å². The fourth-order valence-corrected chi connectivity index (χ4v) is 4.43. The molecule has 0 spiro atoms. The smallest absolute Gasteiger partial charge is 0.243 e. The van der Waals surface area contributed by atoms with Crippen molar-refractivity contribution < 1.29 is 17.9 Å². The first-order valence-electron chi connectivity index (χ1n) is 9.29. The molecule has 0 heterocycles. The van der Waals surface area contributed by atoms with E-state index in [-0.39, 0.29) is 10.9 Å². The Bertz CT molecular complexity index is 946. The first-order valence-corrected chi connectivity index (χ1v) is 11.5. The number of anilines is 1. The lowest BCUT2D eigenvalue weighted by Crippen LogP contribution is -2.48. The van der Waals surface area contributed by atoms with Crippen molar-refractivity contribution in [3.05, 3.63) is 58.6 Å². The van der Waals surface area contributed by atoms with Gasteiger partial charge in [0.1, 0.15) is 11.8 Å². The number of nitrogens with one attached hydrogen (secondary N) is 1. The minimum atomic E-state index is -3.70. The monoisotopic (exact) mass is 438 g/mol. The molecule has 2 aromatic rings.